The number of fused-ring (bicyclic) bond motifs is 10. The van der Waals surface area contributed by atoms with Crippen molar-refractivity contribution in [1.29, 1.82) is 0 Å². The molecule has 10 heterocycles. The minimum atomic E-state index is -3.86. The molecule has 0 unspecified atom stereocenters. The highest BCUT2D eigenvalue weighted by molar-refractivity contribution is 7.90. The molecule has 7 aromatic carbocycles. The third-order valence-electron chi connectivity index (χ3n) is 24.4. The Morgan fingerprint density at radius 2 is 0.762 bits per heavy atom. The van der Waals surface area contributed by atoms with Gasteiger partial charge in [-0.15, -0.1) is 20.4 Å². The number of likely N-dealkylation sites (tertiary alicyclic amines) is 2. The summed E-state index contributed by atoms with van der Waals surface area (Å²) in [6, 6.07) is 62.1. The number of aromatic nitrogens is 4. The first-order chi connectivity index (χ1) is 51.0. The van der Waals surface area contributed by atoms with E-state index in [4.69, 9.17) is 5.14 Å². The Labute approximate surface area is 627 Å². The summed E-state index contributed by atoms with van der Waals surface area (Å²) in [5.41, 5.74) is 16.7. The molecule has 2 aliphatic carbocycles. The Hall–Kier alpha value is -8.93. The molecule has 0 atom stereocenters. The van der Waals surface area contributed by atoms with Crippen LogP contribution in [0.2, 0.25) is 0 Å². The lowest BCUT2D eigenvalue weighted by atomic mass is 9.71. The van der Waals surface area contributed by atoms with Gasteiger partial charge in [-0.25, -0.2) is 14.7 Å². The summed E-state index contributed by atoms with van der Waals surface area (Å²) in [5.74, 6) is 0. The normalized spacial score (nSPS) is 19.8. The number of hydrogen-bond donors (Lipinski definition) is 5. The number of hydrogen-bond acceptors (Lipinski definition) is 15. The molecule has 0 radical (unpaired) electrons. The Kier molecular flexibility index (Phi) is 20.8. The van der Waals surface area contributed by atoms with Crippen LogP contribution in [0.3, 0.4) is 0 Å². The monoisotopic (exact) mass is 1470 g/mol. The van der Waals surface area contributed by atoms with E-state index in [1.165, 1.54) is 165 Å². The van der Waals surface area contributed by atoms with Gasteiger partial charge in [0.2, 0.25) is 10.3 Å². The van der Waals surface area contributed by atoms with Crippen molar-refractivity contribution in [1.82, 2.24) is 35.5 Å². The third-order valence-corrected chi connectivity index (χ3v) is 27.1. The molecule has 19 nitrogen and oxygen atoms in total. The van der Waals surface area contributed by atoms with Crippen LogP contribution < -0.4 is 45.4 Å². The molecule has 3 saturated heterocycles. The number of anilines is 7. The maximum Gasteiger partial charge on any atom is 0.323 e. The number of piperidine rings is 3. The second kappa shape index (κ2) is 30.5. The summed E-state index contributed by atoms with van der Waals surface area (Å²) < 4.78 is 25.5. The van der Waals surface area contributed by atoms with Gasteiger partial charge in [-0.2, -0.15) is 8.42 Å². The number of urea groups is 2. The summed E-state index contributed by atoms with van der Waals surface area (Å²) in [4.78, 5) is 36.4. The van der Waals surface area contributed by atoms with Crippen molar-refractivity contribution in [3.05, 3.63) is 210 Å². The molecule has 4 amide bonds. The average molecular weight is 1470 g/mol. The number of amides is 4. The molecule has 0 bridgehead atoms. The number of benzene rings is 7. The third kappa shape index (κ3) is 14.8. The molecular weight excluding hydrogens is 1370 g/mol. The van der Waals surface area contributed by atoms with E-state index in [2.05, 4.69) is 175 Å². The summed E-state index contributed by atoms with van der Waals surface area (Å²) >= 11 is 2.72. The molecule has 105 heavy (non-hydrogen) atoms. The molecule has 22 heteroatoms. The van der Waals surface area contributed by atoms with Crippen LogP contribution in [0.15, 0.2) is 182 Å². The van der Waals surface area contributed by atoms with Gasteiger partial charge in [-0.3, -0.25) is 14.9 Å². The first kappa shape index (κ1) is 71.7. The molecule has 2 aromatic heterocycles. The van der Waals surface area contributed by atoms with Crippen LogP contribution in [0.1, 0.15) is 131 Å². The van der Waals surface area contributed by atoms with Gasteiger partial charge in [0, 0.05) is 141 Å². The number of para-hydroxylation sites is 5. The summed E-state index contributed by atoms with van der Waals surface area (Å²) in [6.45, 7) is 9.79. The van der Waals surface area contributed by atoms with E-state index < -0.39 is 10.2 Å². The van der Waals surface area contributed by atoms with Gasteiger partial charge < -0.3 is 35.1 Å². The van der Waals surface area contributed by atoms with Crippen LogP contribution in [0.4, 0.5) is 48.3 Å². The summed E-state index contributed by atoms with van der Waals surface area (Å²) in [6.07, 6.45) is 19.9. The summed E-state index contributed by atoms with van der Waals surface area (Å²) in [7, 11) is 2.76. The van der Waals surface area contributed by atoms with E-state index in [1.807, 2.05) is 83.8 Å². The maximum absolute atomic E-state index is 12.8. The molecule has 2 saturated carbocycles. The van der Waals surface area contributed by atoms with Crippen LogP contribution in [0, 0.1) is 0 Å². The topological polar surface area (TPSA) is 213 Å². The molecule has 10 aliphatic rings. The van der Waals surface area contributed by atoms with Gasteiger partial charge in [0.15, 0.2) is 0 Å². The van der Waals surface area contributed by atoms with Crippen molar-refractivity contribution < 1.29 is 18.0 Å². The zero-order valence-corrected chi connectivity index (χ0v) is 63.3. The highest BCUT2D eigenvalue weighted by Crippen LogP contribution is 2.52. The fourth-order valence-electron chi connectivity index (χ4n) is 19.0. The van der Waals surface area contributed by atoms with Crippen LogP contribution in [0.25, 0.3) is 21.1 Å². The number of nitrogens with one attached hydrogen (secondary N) is 4. The Bertz CT molecular complexity index is 4540. The van der Waals surface area contributed by atoms with Crippen LogP contribution >= 0.6 is 22.7 Å². The SMILES string of the molecule is CN1CC2(CCCCC2)c2ccccc21.CN1CC2(CCN(C(=O)Nc3nnc(-c4ccccc4)s3)CC2)c2ccccc21.CN1CC2(CCNCC2)c2ccccc21.NS(=O)(=O)N1CC2(CCN(C(=O)Nc3nnc(-c4ccccc4)s3)CC2)c2ccccc21.c1ccc2c(c1)NCC21CCCCC1. The van der Waals surface area contributed by atoms with Gasteiger partial charge >= 0.3 is 12.1 Å². The predicted octanol–water partition coefficient (Wildman–Crippen LogP) is 15.4. The molecule has 548 valence electrons. The number of nitrogens with two attached hydrogens (primary N) is 1. The number of rotatable bonds is 5. The fourth-order valence-corrected chi connectivity index (χ4v) is 21.3. The lowest BCUT2D eigenvalue weighted by molar-refractivity contribution is 0.172. The molecule has 5 spiro atoms. The van der Waals surface area contributed by atoms with E-state index in [0.717, 1.165) is 59.2 Å². The highest BCUT2D eigenvalue weighted by atomic mass is 32.2. The molecule has 6 N–H and O–H groups in total. The second-order valence-corrected chi connectivity index (χ2v) is 34.2. The molecule has 9 aromatic rings. The lowest BCUT2D eigenvalue weighted by Gasteiger charge is -2.39. The van der Waals surface area contributed by atoms with E-state index in [-0.39, 0.29) is 22.9 Å². The van der Waals surface area contributed by atoms with Gasteiger partial charge in [0.05, 0.1) is 5.69 Å². The number of carbonyl (C=O) groups excluding carboxylic acids is 2. The highest BCUT2D eigenvalue weighted by Gasteiger charge is 2.49. The first-order valence-corrected chi connectivity index (χ1v) is 40.9. The van der Waals surface area contributed by atoms with Crippen molar-refractivity contribution >= 4 is 83.6 Å². The predicted molar refractivity (Wildman–Crippen MR) is 428 cm³/mol. The second-order valence-electron chi connectivity index (χ2n) is 30.8. The summed E-state index contributed by atoms with van der Waals surface area (Å²) in [5, 5.41) is 37.4. The lowest BCUT2D eigenvalue weighted by Crippen LogP contribution is -2.49. The van der Waals surface area contributed by atoms with Crippen LogP contribution in [0.5, 0.6) is 0 Å². The van der Waals surface area contributed by atoms with Crippen molar-refractivity contribution in [3.8, 4) is 21.1 Å². The van der Waals surface area contributed by atoms with E-state index in [9.17, 15) is 18.0 Å². The van der Waals surface area contributed by atoms with E-state index >= 15 is 0 Å². The maximum atomic E-state index is 12.8. The minimum Gasteiger partial charge on any atom is -0.384 e. The Morgan fingerprint density at radius 3 is 1.20 bits per heavy atom. The van der Waals surface area contributed by atoms with Crippen molar-refractivity contribution in [2.24, 2.45) is 5.14 Å². The Balaban J connectivity index is 0.000000110. The van der Waals surface area contributed by atoms with Gasteiger partial charge in [-0.1, -0.05) is 213 Å². The number of likely N-dealkylation sites (N-methyl/N-ethyl adjacent to an activating group) is 3. The van der Waals surface area contributed by atoms with Crippen molar-refractivity contribution in [2.45, 2.75) is 130 Å². The van der Waals surface area contributed by atoms with Crippen LogP contribution in [-0.4, -0.2) is 144 Å². The first-order valence-electron chi connectivity index (χ1n) is 37.8. The quantitative estimate of drug-likeness (QED) is 0.109. The molecule has 8 aliphatic heterocycles. The smallest absolute Gasteiger partial charge is 0.323 e. The van der Waals surface area contributed by atoms with Crippen LogP contribution in [-0.2, 0) is 37.3 Å². The van der Waals surface area contributed by atoms with Gasteiger partial charge in [-0.05, 0) is 135 Å². The minimum absolute atomic E-state index is 0.0877. The van der Waals surface area contributed by atoms with Crippen molar-refractivity contribution in [2.75, 3.05) is 128 Å². The van der Waals surface area contributed by atoms with E-state index in [1.54, 1.807) is 27.7 Å². The molecular formula is C83H99N15O4S3. The van der Waals surface area contributed by atoms with Crippen molar-refractivity contribution in [3.63, 3.8) is 0 Å². The zero-order valence-electron chi connectivity index (χ0n) is 60.8. The van der Waals surface area contributed by atoms with Gasteiger partial charge in [0.25, 0.3) is 10.2 Å². The zero-order chi connectivity index (χ0) is 72.2. The largest absolute Gasteiger partial charge is 0.384 e. The fraction of sp³-hybridized carbons (Fsp3) is 0.422. The molecule has 5 fully saturated rings. The van der Waals surface area contributed by atoms with Gasteiger partial charge in [0.1, 0.15) is 10.0 Å². The Morgan fingerprint density at radius 1 is 0.410 bits per heavy atom. The molecule has 19 rings (SSSR count). The standard InChI is InChI=1S/C22H23N5OS.C21H22N6O3S2.C14H19N.C13H18N2.C13H17N/c1-26-15-22(17-9-5-6-10-18(17)26)11-13-27(14-12-22)21(28)23-20-25-24-19(29-20)16-7-3-2-4-8-16;22-32(29,30)27-14-21(16-8-4-5-9-17(16)27)10-12-26(13-11-21)20(28)23-19-25-24-18(31-19)15-6-2-1-3-7-15;1-15-11-14(9-5-2-6-10-14)12-7-3-4-8-13(12)15;1-15-10-13(6-8-14-9-7-13)11-4-2-3-5-12(11)15;1-4-8-13(9-5-1)10-14-12-7-3-2-6-11(12)13/h2-10H,11-15H2,1H3,(H,23,25,28);1-9H,10-14H2,(H2,22,29,30)(H,23,25,28);3-4,7-8H,2,5-6,9-11H2,1H3;2-5,14H,6-10H2,1H3;2-3,6-7,14H,1,4-5,8-10H2. The average Bonchev–Trinajstić information content (AvgIpc) is 1.59. The van der Waals surface area contributed by atoms with E-state index in [0.29, 0.717) is 64.7 Å². The number of carbonyl (C=O) groups is 2. The number of nitrogens with zero attached hydrogens (tertiary/aromatic N) is 10.